The summed E-state index contributed by atoms with van der Waals surface area (Å²) in [6.07, 6.45) is 13.8. The van der Waals surface area contributed by atoms with Crippen molar-refractivity contribution >= 4 is 57.6 Å². The van der Waals surface area contributed by atoms with E-state index >= 15 is 0 Å². The standard InChI is InChI=1S/C52H38N4/c53-52(39-17-5-2-6-18-39)54-47(32-27-36-15-3-1-4-16-36)38-30-28-37(29-31-38)40-33-41(55-48-23-11-7-19-43(48)44-20-8-12-24-49(44)55)35-42(34-40)56-50-25-13-9-21-45(50)46-22-10-14-26-51(46)56/h1-8,11-12,15-26,28-35H,9,13,27H2,(H2,53,54)/b47-32-. The van der Waals surface area contributed by atoms with Crippen LogP contribution in [0.2, 0.25) is 0 Å². The normalized spacial score (nSPS) is 13.4. The Morgan fingerprint density at radius 3 is 1.96 bits per heavy atom. The average molecular weight is 719 g/mol. The van der Waals surface area contributed by atoms with Crippen molar-refractivity contribution in [3.63, 3.8) is 0 Å². The van der Waals surface area contributed by atoms with E-state index < -0.39 is 0 Å². The molecular weight excluding hydrogens is 681 g/mol. The number of hydrogen-bond acceptors (Lipinski definition) is 1. The molecule has 0 radical (unpaired) electrons. The second-order valence-corrected chi connectivity index (χ2v) is 14.3. The number of amidine groups is 1. The molecule has 2 aliphatic rings. The van der Waals surface area contributed by atoms with E-state index in [2.05, 4.69) is 166 Å². The Labute approximate surface area is 325 Å². The third kappa shape index (κ3) is 5.97. The van der Waals surface area contributed by atoms with Gasteiger partial charge in [0.25, 0.3) is 0 Å². The first-order valence-electron chi connectivity index (χ1n) is 19.2. The molecule has 0 atom stereocenters. The van der Waals surface area contributed by atoms with Gasteiger partial charge in [-0.25, -0.2) is 4.99 Å². The predicted octanol–water partition coefficient (Wildman–Crippen LogP) is 10.4. The first-order valence-corrected chi connectivity index (χ1v) is 19.2. The van der Waals surface area contributed by atoms with Gasteiger partial charge in [-0.2, -0.15) is 0 Å². The third-order valence-electron chi connectivity index (χ3n) is 10.9. The summed E-state index contributed by atoms with van der Waals surface area (Å²) in [5, 5.41) is 4.97. The number of fused-ring (bicyclic) bond motifs is 6. The number of nitrogens with two attached hydrogens (primary N) is 1. The summed E-state index contributed by atoms with van der Waals surface area (Å²) in [6.45, 7) is 0. The Morgan fingerprint density at radius 1 is 0.607 bits per heavy atom. The minimum atomic E-state index is 0.490. The molecule has 56 heavy (non-hydrogen) atoms. The number of aromatic nitrogens is 2. The molecule has 2 aliphatic carbocycles. The highest BCUT2D eigenvalue weighted by Crippen LogP contribution is 2.35. The molecular formula is C52H38N4. The van der Waals surface area contributed by atoms with E-state index in [0.29, 0.717) is 5.84 Å². The van der Waals surface area contributed by atoms with Crippen molar-refractivity contribution in [2.75, 3.05) is 0 Å². The van der Waals surface area contributed by atoms with Gasteiger partial charge >= 0.3 is 0 Å². The molecule has 2 aromatic heterocycles. The van der Waals surface area contributed by atoms with Gasteiger partial charge in [0.15, 0.2) is 0 Å². The van der Waals surface area contributed by atoms with Gasteiger partial charge in [-0.05, 0) is 77.9 Å². The molecule has 0 bridgehead atoms. The SMILES string of the molecule is NC(=N/C(=C\Cc1ccccc1)c1ccc(-c2cc(-n3c4c(c5c3=CCCC=5)C=C=C=C4)cc(-n3c4ccccc4c4ccccc43)c2)cc1)c1ccccc1. The fourth-order valence-electron chi connectivity index (χ4n) is 8.22. The molecule has 0 fully saturated rings. The number of allylic oxidation sites excluding steroid dienone is 1. The quantitative estimate of drug-likeness (QED) is 0.0949. The highest BCUT2D eigenvalue weighted by Gasteiger charge is 2.19. The van der Waals surface area contributed by atoms with Gasteiger partial charge in [0.1, 0.15) is 5.84 Å². The van der Waals surface area contributed by atoms with Crippen molar-refractivity contribution in [1.29, 1.82) is 0 Å². The Balaban J connectivity index is 1.15. The number of rotatable bonds is 8. The van der Waals surface area contributed by atoms with Gasteiger partial charge < -0.3 is 14.9 Å². The van der Waals surface area contributed by atoms with Crippen molar-refractivity contribution in [1.82, 2.24) is 9.13 Å². The van der Waals surface area contributed by atoms with E-state index in [4.69, 9.17) is 10.7 Å². The number of hydrogen-bond donors (Lipinski definition) is 1. The van der Waals surface area contributed by atoms with Crippen LogP contribution in [0.5, 0.6) is 0 Å². The van der Waals surface area contributed by atoms with E-state index in [1.165, 1.54) is 43.5 Å². The highest BCUT2D eigenvalue weighted by atomic mass is 15.0. The molecule has 0 unspecified atom stereocenters. The van der Waals surface area contributed by atoms with Crippen LogP contribution < -0.4 is 16.3 Å². The molecule has 266 valence electrons. The van der Waals surface area contributed by atoms with Gasteiger partial charge in [0, 0.05) is 49.9 Å². The summed E-state index contributed by atoms with van der Waals surface area (Å²) in [6, 6.07) is 53.6. The second-order valence-electron chi connectivity index (χ2n) is 14.3. The molecule has 2 N–H and O–H groups in total. The van der Waals surface area contributed by atoms with Gasteiger partial charge in [0.2, 0.25) is 0 Å². The minimum Gasteiger partial charge on any atom is -0.383 e. The zero-order valence-corrected chi connectivity index (χ0v) is 30.9. The Bertz CT molecular complexity index is 3050. The van der Waals surface area contributed by atoms with Crippen LogP contribution in [-0.2, 0) is 6.42 Å². The van der Waals surface area contributed by atoms with Crippen LogP contribution in [0.1, 0.15) is 40.8 Å². The van der Waals surface area contributed by atoms with Crippen LogP contribution in [0.3, 0.4) is 0 Å². The first kappa shape index (κ1) is 33.2. The lowest BCUT2D eigenvalue weighted by Gasteiger charge is -2.16. The molecule has 8 aromatic rings. The summed E-state index contributed by atoms with van der Waals surface area (Å²) in [5.41, 5.74) is 26.2. The highest BCUT2D eigenvalue weighted by molar-refractivity contribution is 6.09. The van der Waals surface area contributed by atoms with Crippen LogP contribution in [-0.4, -0.2) is 15.0 Å². The lowest BCUT2D eigenvalue weighted by atomic mass is 10.0. The first-order chi connectivity index (χ1) is 27.7. The molecule has 2 heterocycles. The van der Waals surface area contributed by atoms with E-state index in [1.807, 2.05) is 36.4 Å². The molecule has 6 aromatic carbocycles. The van der Waals surface area contributed by atoms with Gasteiger partial charge in [0.05, 0.1) is 22.4 Å². The molecule has 0 spiro atoms. The Kier molecular flexibility index (Phi) is 8.39. The predicted molar refractivity (Wildman–Crippen MR) is 234 cm³/mol. The van der Waals surface area contributed by atoms with Gasteiger partial charge in [-0.15, -0.1) is 0 Å². The molecule has 0 aliphatic heterocycles. The van der Waals surface area contributed by atoms with E-state index in [-0.39, 0.29) is 0 Å². The summed E-state index contributed by atoms with van der Waals surface area (Å²) in [5.74, 6) is 0.490. The number of para-hydroxylation sites is 2. The number of nitrogens with zero attached hydrogens (tertiary/aromatic N) is 3. The maximum Gasteiger partial charge on any atom is 0.131 e. The minimum absolute atomic E-state index is 0.490. The van der Waals surface area contributed by atoms with E-state index in [9.17, 15) is 0 Å². The van der Waals surface area contributed by atoms with Crippen LogP contribution >= 0.6 is 0 Å². The lowest BCUT2D eigenvalue weighted by molar-refractivity contribution is 0.984. The molecule has 0 saturated heterocycles. The van der Waals surface area contributed by atoms with Crippen LogP contribution in [0.25, 0.3) is 74.3 Å². The molecule has 0 amide bonds. The summed E-state index contributed by atoms with van der Waals surface area (Å²) < 4.78 is 4.82. The van der Waals surface area contributed by atoms with Crippen molar-refractivity contribution < 1.29 is 0 Å². The molecule has 0 saturated carbocycles. The maximum absolute atomic E-state index is 6.61. The molecule has 10 rings (SSSR count). The largest absolute Gasteiger partial charge is 0.383 e. The fraction of sp³-hybridized carbons (Fsp3) is 0.0577. The summed E-state index contributed by atoms with van der Waals surface area (Å²) >= 11 is 0. The van der Waals surface area contributed by atoms with Gasteiger partial charge in [-0.1, -0.05) is 151 Å². The van der Waals surface area contributed by atoms with Crippen molar-refractivity contribution in [2.24, 2.45) is 10.7 Å². The number of aliphatic imine (C=N–C) groups is 1. The van der Waals surface area contributed by atoms with Gasteiger partial charge in [-0.3, -0.25) is 0 Å². The lowest BCUT2D eigenvalue weighted by Crippen LogP contribution is -2.31. The third-order valence-corrected chi connectivity index (χ3v) is 10.9. The van der Waals surface area contributed by atoms with Crippen LogP contribution in [0.15, 0.2) is 174 Å². The Morgan fingerprint density at radius 2 is 1.23 bits per heavy atom. The molecule has 4 nitrogen and oxygen atoms in total. The summed E-state index contributed by atoms with van der Waals surface area (Å²) in [4.78, 5) is 4.99. The monoisotopic (exact) mass is 718 g/mol. The van der Waals surface area contributed by atoms with E-state index in [1.54, 1.807) is 0 Å². The maximum atomic E-state index is 6.61. The topological polar surface area (TPSA) is 48.2 Å². The number of benzene rings is 6. The van der Waals surface area contributed by atoms with Crippen molar-refractivity contribution in [2.45, 2.75) is 19.3 Å². The average Bonchev–Trinajstić information content (AvgIpc) is 3.79. The van der Waals surface area contributed by atoms with Crippen molar-refractivity contribution in [3.8, 4) is 22.5 Å². The summed E-state index contributed by atoms with van der Waals surface area (Å²) in [7, 11) is 0. The second kappa shape index (κ2) is 14.1. The van der Waals surface area contributed by atoms with Crippen LogP contribution in [0.4, 0.5) is 0 Å². The zero-order valence-electron chi connectivity index (χ0n) is 30.9. The van der Waals surface area contributed by atoms with Crippen molar-refractivity contribution in [3.05, 3.63) is 208 Å². The Hall–Kier alpha value is -7.35. The fourth-order valence-corrected chi connectivity index (χ4v) is 8.22. The smallest absolute Gasteiger partial charge is 0.131 e. The zero-order chi connectivity index (χ0) is 37.4. The van der Waals surface area contributed by atoms with E-state index in [0.717, 1.165) is 64.3 Å². The van der Waals surface area contributed by atoms with Crippen LogP contribution in [0, 0.1) is 0 Å². The molecule has 4 heteroatoms.